The summed E-state index contributed by atoms with van der Waals surface area (Å²) in [4.78, 5) is 23.8. The highest BCUT2D eigenvalue weighted by Gasteiger charge is 2.26. The van der Waals surface area contributed by atoms with E-state index in [2.05, 4.69) is 0 Å². The van der Waals surface area contributed by atoms with Gasteiger partial charge in [0.2, 0.25) is 0 Å². The fourth-order valence-electron chi connectivity index (χ4n) is 4.57. The predicted octanol–water partition coefficient (Wildman–Crippen LogP) is 7.57. The topological polar surface area (TPSA) is 102 Å². The van der Waals surface area contributed by atoms with Crippen molar-refractivity contribution in [2.45, 2.75) is 52.7 Å². The number of rotatable bonds is 5. The maximum atomic E-state index is 12.5. The first-order chi connectivity index (χ1) is 19.7. The summed E-state index contributed by atoms with van der Waals surface area (Å²) in [5.41, 5.74) is 2.74. The molecule has 42 heavy (non-hydrogen) atoms. The van der Waals surface area contributed by atoms with E-state index < -0.39 is 5.60 Å². The van der Waals surface area contributed by atoms with Gasteiger partial charge in [0.25, 0.3) is 0 Å². The van der Waals surface area contributed by atoms with Crippen LogP contribution in [-0.2, 0) is 0 Å². The Hall–Kier alpha value is -4.78. The molecule has 7 nitrogen and oxygen atoms in total. The molecule has 0 saturated carbocycles. The maximum Gasteiger partial charge on any atom is 0.189 e. The number of carbonyl (C=O) groups is 2. The minimum atomic E-state index is -0.435. The molecule has 2 heterocycles. The Morgan fingerprint density at radius 3 is 1.86 bits per heavy atom. The zero-order chi connectivity index (χ0) is 30.8. The molecule has 0 unspecified atom stereocenters. The molecule has 3 aromatic carbocycles. The number of ether oxygens (including phenoxy) is 3. The molecule has 0 aliphatic carbocycles. The van der Waals surface area contributed by atoms with Crippen LogP contribution < -0.4 is 14.2 Å². The molecule has 0 aromatic heterocycles. The lowest BCUT2D eigenvalue weighted by molar-refractivity contribution is 0.101. The Morgan fingerprint density at radius 2 is 1.33 bits per heavy atom. The van der Waals surface area contributed by atoms with Crippen molar-refractivity contribution in [3.05, 3.63) is 94.1 Å². The van der Waals surface area contributed by atoms with Gasteiger partial charge in [-0.1, -0.05) is 18.2 Å². The van der Waals surface area contributed by atoms with Gasteiger partial charge in [-0.15, -0.1) is 0 Å². The zero-order valence-corrected chi connectivity index (χ0v) is 24.9. The minimum absolute atomic E-state index is 0.00301. The van der Waals surface area contributed by atoms with Gasteiger partial charge >= 0.3 is 0 Å². The van der Waals surface area contributed by atoms with E-state index in [4.69, 9.17) is 14.2 Å². The lowest BCUT2D eigenvalue weighted by Gasteiger charge is -2.28. The Balaban J connectivity index is 0.000000216. The summed E-state index contributed by atoms with van der Waals surface area (Å²) in [6.07, 6.45) is 10.5. The van der Waals surface area contributed by atoms with E-state index in [1.165, 1.54) is 13.0 Å². The van der Waals surface area contributed by atoms with Crippen LogP contribution in [0.3, 0.4) is 0 Å². The molecule has 2 aliphatic heterocycles. The molecule has 0 saturated heterocycles. The predicted molar refractivity (Wildman–Crippen MR) is 165 cm³/mol. The van der Waals surface area contributed by atoms with Crippen LogP contribution in [0.4, 0.5) is 0 Å². The van der Waals surface area contributed by atoms with Crippen LogP contribution in [-0.4, -0.2) is 40.1 Å². The number of methoxy groups -OCH3 is 1. The van der Waals surface area contributed by atoms with Crippen molar-refractivity contribution in [2.75, 3.05) is 7.11 Å². The van der Waals surface area contributed by atoms with Crippen LogP contribution in [0.5, 0.6) is 28.7 Å². The van der Waals surface area contributed by atoms with E-state index in [1.54, 1.807) is 49.6 Å². The van der Waals surface area contributed by atoms with Gasteiger partial charge in [0.15, 0.2) is 11.6 Å². The van der Waals surface area contributed by atoms with Crippen LogP contribution in [0.2, 0.25) is 0 Å². The zero-order valence-electron chi connectivity index (χ0n) is 24.9. The Labute approximate surface area is 246 Å². The van der Waals surface area contributed by atoms with E-state index in [1.807, 2.05) is 65.0 Å². The first-order valence-electron chi connectivity index (χ1n) is 13.6. The van der Waals surface area contributed by atoms with Gasteiger partial charge < -0.3 is 24.4 Å². The van der Waals surface area contributed by atoms with Crippen molar-refractivity contribution >= 4 is 29.8 Å². The first kappa shape index (κ1) is 30.2. The third-order valence-electron chi connectivity index (χ3n) is 6.91. The number of benzene rings is 3. The largest absolute Gasteiger partial charge is 0.506 e. The standard InChI is InChI=1S/C22H22O4.C13H14O3/c1-14-5-6-15(13-20(14)25-4)7-9-18(23)16-8-10-19-17(21(16)24)11-12-22(2,3)26-19;1-8(14)9-4-5-11-10(12(9)15)6-7-13(2,3)16-11/h5-13,24H,1-4H3;4-7,15H,1-3H3/b9-7+;. The summed E-state index contributed by atoms with van der Waals surface area (Å²) in [7, 11) is 1.61. The number of hydrogen-bond acceptors (Lipinski definition) is 7. The van der Waals surface area contributed by atoms with Gasteiger partial charge in [0.05, 0.1) is 29.4 Å². The number of carbonyl (C=O) groups excluding carboxylic acids is 2. The lowest BCUT2D eigenvalue weighted by Crippen LogP contribution is -2.27. The van der Waals surface area contributed by atoms with Gasteiger partial charge in [0, 0.05) is 0 Å². The number of aryl methyl sites for hydroxylation is 1. The first-order valence-corrected chi connectivity index (χ1v) is 13.6. The van der Waals surface area contributed by atoms with E-state index in [0.29, 0.717) is 28.2 Å². The van der Waals surface area contributed by atoms with E-state index in [9.17, 15) is 19.8 Å². The van der Waals surface area contributed by atoms with Crippen molar-refractivity contribution < 1.29 is 34.0 Å². The number of phenols is 2. The van der Waals surface area contributed by atoms with Crippen molar-refractivity contribution in [2.24, 2.45) is 0 Å². The molecule has 0 spiro atoms. The molecule has 0 bridgehead atoms. The van der Waals surface area contributed by atoms with E-state index in [0.717, 1.165) is 16.9 Å². The number of hydrogen-bond donors (Lipinski definition) is 2. The van der Waals surface area contributed by atoms with Crippen LogP contribution in [0, 0.1) is 6.92 Å². The summed E-state index contributed by atoms with van der Waals surface area (Å²) < 4.78 is 16.8. The summed E-state index contributed by atoms with van der Waals surface area (Å²) in [6, 6.07) is 12.3. The molecule has 3 aromatic rings. The molecule has 7 heteroatoms. The molecule has 218 valence electrons. The number of ketones is 2. The van der Waals surface area contributed by atoms with Crippen molar-refractivity contribution in [1.82, 2.24) is 0 Å². The van der Waals surface area contributed by atoms with Crippen LogP contribution in [0.1, 0.15) is 77.6 Å². The molecule has 0 amide bonds. The number of phenolic OH excluding ortho intramolecular Hbond substituents is 2. The highest BCUT2D eigenvalue weighted by atomic mass is 16.5. The second-order valence-corrected chi connectivity index (χ2v) is 11.3. The fourth-order valence-corrected chi connectivity index (χ4v) is 4.57. The second-order valence-electron chi connectivity index (χ2n) is 11.3. The molecular formula is C35H36O7. The third-order valence-corrected chi connectivity index (χ3v) is 6.91. The lowest BCUT2D eigenvalue weighted by atomic mass is 9.98. The smallest absolute Gasteiger partial charge is 0.189 e. The third kappa shape index (κ3) is 6.57. The Bertz CT molecular complexity index is 1640. The van der Waals surface area contributed by atoms with E-state index >= 15 is 0 Å². The molecular weight excluding hydrogens is 532 g/mol. The minimum Gasteiger partial charge on any atom is -0.506 e. The quantitative estimate of drug-likeness (QED) is 0.242. The SMILES string of the molecule is CC(=O)c1ccc2c(c1O)C=CC(C)(C)O2.COc1cc(/C=C/C(=O)c2ccc3c(c2O)C=CC(C)(C)O3)ccc1C. The summed E-state index contributed by atoms with van der Waals surface area (Å²) in [6.45, 7) is 11.1. The Kier molecular flexibility index (Phi) is 8.34. The monoisotopic (exact) mass is 568 g/mol. The number of aromatic hydroxyl groups is 2. The van der Waals surface area contributed by atoms with Gasteiger partial charge in [-0.2, -0.15) is 0 Å². The molecule has 0 radical (unpaired) electrons. The van der Waals surface area contributed by atoms with Crippen molar-refractivity contribution in [3.8, 4) is 28.7 Å². The number of allylic oxidation sites excluding steroid dienone is 1. The maximum absolute atomic E-state index is 12.5. The van der Waals surface area contributed by atoms with Crippen molar-refractivity contribution in [1.29, 1.82) is 0 Å². The summed E-state index contributed by atoms with van der Waals surface area (Å²) >= 11 is 0. The number of fused-ring (bicyclic) bond motifs is 2. The second kappa shape index (κ2) is 11.6. The molecule has 0 atom stereocenters. The van der Waals surface area contributed by atoms with Gasteiger partial charge in [-0.3, -0.25) is 9.59 Å². The van der Waals surface area contributed by atoms with Crippen molar-refractivity contribution in [3.63, 3.8) is 0 Å². The molecule has 0 fully saturated rings. The molecule has 2 aliphatic rings. The van der Waals surface area contributed by atoms with Crippen LogP contribution >= 0.6 is 0 Å². The highest BCUT2D eigenvalue weighted by Crippen LogP contribution is 2.39. The summed E-state index contributed by atoms with van der Waals surface area (Å²) in [5, 5.41) is 20.4. The van der Waals surface area contributed by atoms with Gasteiger partial charge in [-0.05, 0) is 113 Å². The highest BCUT2D eigenvalue weighted by molar-refractivity contribution is 6.09. The average Bonchev–Trinajstić information content (AvgIpc) is 2.91. The normalized spacial score (nSPS) is 15.4. The average molecular weight is 569 g/mol. The molecule has 5 rings (SSSR count). The van der Waals surface area contributed by atoms with Gasteiger partial charge in [0.1, 0.15) is 39.9 Å². The Morgan fingerprint density at radius 1 is 0.810 bits per heavy atom. The van der Waals surface area contributed by atoms with Gasteiger partial charge in [-0.25, -0.2) is 0 Å². The van der Waals surface area contributed by atoms with Crippen LogP contribution in [0.25, 0.3) is 18.2 Å². The molecule has 2 N–H and O–H groups in total. The van der Waals surface area contributed by atoms with Crippen LogP contribution in [0.15, 0.2) is 60.7 Å². The number of Topliss-reactive ketones (excluding diaryl/α,β-unsaturated/α-hetero) is 1. The summed E-state index contributed by atoms with van der Waals surface area (Å²) in [5.74, 6) is 1.44. The fraction of sp³-hybridized carbons (Fsp3) is 0.257. The van der Waals surface area contributed by atoms with E-state index in [-0.39, 0.29) is 34.2 Å².